The molecule has 2 N–H and O–H groups in total. The fourth-order valence-corrected chi connectivity index (χ4v) is 2.77. The van der Waals surface area contributed by atoms with E-state index in [0.717, 1.165) is 18.8 Å². The molecule has 0 radical (unpaired) electrons. The topological polar surface area (TPSA) is 74.2 Å². The van der Waals surface area contributed by atoms with Gasteiger partial charge in [-0.25, -0.2) is 0 Å². The lowest BCUT2D eigenvalue weighted by Gasteiger charge is -2.20. The van der Waals surface area contributed by atoms with E-state index in [1.807, 2.05) is 13.8 Å². The van der Waals surface area contributed by atoms with E-state index >= 15 is 0 Å². The molecule has 1 fully saturated rings. The molecule has 1 heterocycles. The van der Waals surface area contributed by atoms with E-state index in [1.165, 1.54) is 32.1 Å². The Morgan fingerprint density at radius 2 is 2.10 bits per heavy atom. The number of nitrogens with zero attached hydrogens (tertiary/aromatic N) is 2. The largest absolute Gasteiger partial charge is 0.379 e. The van der Waals surface area contributed by atoms with E-state index in [2.05, 4.69) is 10.1 Å². The zero-order chi connectivity index (χ0) is 14.4. The molecule has 5 nitrogen and oxygen atoms in total. The van der Waals surface area contributed by atoms with Crippen molar-refractivity contribution in [2.45, 2.75) is 64.3 Å². The average Bonchev–Trinajstić information content (AvgIpc) is 2.94. The number of hydrogen-bond donors (Lipinski definition) is 1. The van der Waals surface area contributed by atoms with Crippen LogP contribution in [0.1, 0.15) is 64.1 Å². The summed E-state index contributed by atoms with van der Waals surface area (Å²) < 4.78 is 10.7. The molecule has 0 bridgehead atoms. The summed E-state index contributed by atoms with van der Waals surface area (Å²) in [5.41, 5.74) is 5.49. The summed E-state index contributed by atoms with van der Waals surface area (Å²) in [6.07, 6.45) is 8.84. The molecule has 0 aliphatic heterocycles. The number of aromatic nitrogens is 2. The minimum Gasteiger partial charge on any atom is -0.379 e. The SMILES string of the molecule is CCOCC(C)(N)c1noc(CCC2CCCCC2)n1. The first-order chi connectivity index (χ1) is 9.62. The molecule has 1 aromatic rings. The molecule has 1 aliphatic carbocycles. The van der Waals surface area contributed by atoms with Crippen LogP contribution in [0.4, 0.5) is 0 Å². The normalized spacial score (nSPS) is 19.9. The Labute approximate surface area is 121 Å². The van der Waals surface area contributed by atoms with E-state index in [-0.39, 0.29) is 0 Å². The molecule has 2 rings (SSSR count). The summed E-state index contributed by atoms with van der Waals surface area (Å²) in [5, 5.41) is 4.01. The number of ether oxygens (including phenoxy) is 1. The molecule has 0 aromatic carbocycles. The van der Waals surface area contributed by atoms with Crippen molar-refractivity contribution in [3.63, 3.8) is 0 Å². The summed E-state index contributed by atoms with van der Waals surface area (Å²) >= 11 is 0. The van der Waals surface area contributed by atoms with Crippen LogP contribution in [0.2, 0.25) is 0 Å². The van der Waals surface area contributed by atoms with Gasteiger partial charge in [0.2, 0.25) is 5.89 Å². The quantitative estimate of drug-likeness (QED) is 0.832. The van der Waals surface area contributed by atoms with Crippen molar-refractivity contribution in [2.24, 2.45) is 11.7 Å². The molecular weight excluding hydrogens is 254 g/mol. The van der Waals surface area contributed by atoms with Gasteiger partial charge in [-0.05, 0) is 26.2 Å². The maximum absolute atomic E-state index is 6.17. The molecule has 114 valence electrons. The Hall–Kier alpha value is -0.940. The van der Waals surface area contributed by atoms with E-state index in [1.54, 1.807) is 0 Å². The fourth-order valence-electron chi connectivity index (χ4n) is 2.77. The first-order valence-corrected chi connectivity index (χ1v) is 7.81. The van der Waals surface area contributed by atoms with Crippen LogP contribution in [-0.2, 0) is 16.7 Å². The van der Waals surface area contributed by atoms with Crippen LogP contribution in [0.3, 0.4) is 0 Å². The Morgan fingerprint density at radius 1 is 1.35 bits per heavy atom. The Kier molecular flexibility index (Phi) is 5.54. The van der Waals surface area contributed by atoms with Crippen LogP contribution in [-0.4, -0.2) is 23.4 Å². The lowest BCUT2D eigenvalue weighted by Crippen LogP contribution is -2.39. The van der Waals surface area contributed by atoms with Gasteiger partial charge in [-0.2, -0.15) is 4.98 Å². The van der Waals surface area contributed by atoms with E-state index in [0.29, 0.717) is 24.9 Å². The van der Waals surface area contributed by atoms with Gasteiger partial charge in [0.25, 0.3) is 0 Å². The van der Waals surface area contributed by atoms with Crippen molar-refractivity contribution in [3.05, 3.63) is 11.7 Å². The summed E-state index contributed by atoms with van der Waals surface area (Å²) in [7, 11) is 0. The van der Waals surface area contributed by atoms with E-state index in [9.17, 15) is 0 Å². The third-order valence-electron chi connectivity index (χ3n) is 4.08. The van der Waals surface area contributed by atoms with Gasteiger partial charge in [0, 0.05) is 13.0 Å². The van der Waals surface area contributed by atoms with Crippen LogP contribution in [0.25, 0.3) is 0 Å². The lowest BCUT2D eigenvalue weighted by atomic mass is 9.86. The number of nitrogens with two attached hydrogens (primary N) is 1. The van der Waals surface area contributed by atoms with Crippen LogP contribution in [0.5, 0.6) is 0 Å². The van der Waals surface area contributed by atoms with Gasteiger partial charge in [-0.1, -0.05) is 37.3 Å². The predicted octanol–water partition coefficient (Wildman–Crippen LogP) is 2.79. The number of hydrogen-bond acceptors (Lipinski definition) is 5. The highest BCUT2D eigenvalue weighted by Crippen LogP contribution is 2.27. The molecular formula is C15H27N3O2. The van der Waals surface area contributed by atoms with Crippen LogP contribution in [0.15, 0.2) is 4.52 Å². The Bertz CT molecular complexity index is 398. The molecule has 0 amide bonds. The van der Waals surface area contributed by atoms with Crippen LogP contribution < -0.4 is 5.73 Å². The third-order valence-corrected chi connectivity index (χ3v) is 4.08. The maximum Gasteiger partial charge on any atom is 0.226 e. The van der Waals surface area contributed by atoms with Crippen LogP contribution >= 0.6 is 0 Å². The number of rotatable bonds is 7. The monoisotopic (exact) mass is 281 g/mol. The van der Waals surface area contributed by atoms with Gasteiger partial charge in [0.1, 0.15) is 5.54 Å². The lowest BCUT2D eigenvalue weighted by molar-refractivity contribution is 0.0962. The van der Waals surface area contributed by atoms with Gasteiger partial charge in [0.15, 0.2) is 5.82 Å². The smallest absolute Gasteiger partial charge is 0.226 e. The zero-order valence-electron chi connectivity index (χ0n) is 12.7. The molecule has 1 aromatic heterocycles. The molecule has 1 saturated carbocycles. The molecule has 0 saturated heterocycles. The van der Waals surface area contributed by atoms with Crippen LogP contribution in [0, 0.1) is 5.92 Å². The second-order valence-corrected chi connectivity index (χ2v) is 6.11. The van der Waals surface area contributed by atoms with Crippen molar-refractivity contribution < 1.29 is 9.26 Å². The molecule has 20 heavy (non-hydrogen) atoms. The van der Waals surface area contributed by atoms with Crippen molar-refractivity contribution >= 4 is 0 Å². The highest BCUT2D eigenvalue weighted by molar-refractivity contribution is 5.02. The third kappa shape index (κ3) is 4.28. The standard InChI is InChI=1S/C15H27N3O2/c1-3-19-11-15(2,16)14-17-13(20-18-14)10-9-12-7-5-4-6-8-12/h12H,3-11,16H2,1-2H3. The second kappa shape index (κ2) is 7.18. The summed E-state index contributed by atoms with van der Waals surface area (Å²) in [6.45, 7) is 4.87. The number of aryl methyl sites for hydroxylation is 1. The molecule has 0 spiro atoms. The van der Waals surface area contributed by atoms with E-state index in [4.69, 9.17) is 15.0 Å². The Morgan fingerprint density at radius 3 is 2.80 bits per heavy atom. The van der Waals surface area contributed by atoms with Gasteiger partial charge < -0.3 is 15.0 Å². The molecule has 1 unspecified atom stereocenters. The van der Waals surface area contributed by atoms with E-state index < -0.39 is 5.54 Å². The van der Waals surface area contributed by atoms with Crippen molar-refractivity contribution in [1.29, 1.82) is 0 Å². The van der Waals surface area contributed by atoms with Gasteiger partial charge in [-0.3, -0.25) is 0 Å². The minimum atomic E-state index is -0.678. The first kappa shape index (κ1) is 15.4. The summed E-state index contributed by atoms with van der Waals surface area (Å²) in [5.74, 6) is 2.08. The zero-order valence-corrected chi connectivity index (χ0v) is 12.7. The van der Waals surface area contributed by atoms with Gasteiger partial charge >= 0.3 is 0 Å². The molecule has 5 heteroatoms. The highest BCUT2D eigenvalue weighted by Gasteiger charge is 2.28. The summed E-state index contributed by atoms with van der Waals surface area (Å²) in [6, 6.07) is 0. The molecule has 1 atom stereocenters. The first-order valence-electron chi connectivity index (χ1n) is 7.81. The second-order valence-electron chi connectivity index (χ2n) is 6.11. The fraction of sp³-hybridized carbons (Fsp3) is 0.867. The highest BCUT2D eigenvalue weighted by atomic mass is 16.5. The minimum absolute atomic E-state index is 0.408. The maximum atomic E-state index is 6.17. The van der Waals surface area contributed by atoms with Crippen molar-refractivity contribution in [3.8, 4) is 0 Å². The average molecular weight is 281 g/mol. The summed E-state index contributed by atoms with van der Waals surface area (Å²) in [4.78, 5) is 4.44. The Balaban J connectivity index is 1.84. The molecule has 1 aliphatic rings. The van der Waals surface area contributed by atoms with Crippen molar-refractivity contribution in [2.75, 3.05) is 13.2 Å². The predicted molar refractivity (Wildman–Crippen MR) is 77.2 cm³/mol. The van der Waals surface area contributed by atoms with Gasteiger partial charge in [0.05, 0.1) is 6.61 Å². The van der Waals surface area contributed by atoms with Crippen molar-refractivity contribution in [1.82, 2.24) is 10.1 Å². The van der Waals surface area contributed by atoms with Gasteiger partial charge in [-0.15, -0.1) is 0 Å².